The molecule has 0 aliphatic heterocycles. The summed E-state index contributed by atoms with van der Waals surface area (Å²) in [5, 5.41) is 3.24. The number of hydrogen-bond donors (Lipinski definition) is 1. The fourth-order valence-corrected chi connectivity index (χ4v) is 1.97. The van der Waals surface area contributed by atoms with Crippen molar-refractivity contribution in [3.8, 4) is 5.75 Å². The first-order valence-electron chi connectivity index (χ1n) is 7.00. The third kappa shape index (κ3) is 5.91. The van der Waals surface area contributed by atoms with Crippen LogP contribution in [0, 0.1) is 5.82 Å². The number of nitrogens with one attached hydrogen (secondary N) is 1. The second-order valence-corrected chi connectivity index (χ2v) is 5.17. The zero-order valence-electron chi connectivity index (χ0n) is 12.4. The number of ether oxygens (including phenoxy) is 1. The van der Waals surface area contributed by atoms with E-state index < -0.39 is 17.6 Å². The van der Waals surface area contributed by atoms with Gasteiger partial charge in [0.1, 0.15) is 17.7 Å². The van der Waals surface area contributed by atoms with Gasteiger partial charge in [-0.1, -0.05) is 13.3 Å². The molecule has 0 radical (unpaired) electrons. The molecule has 1 rings (SSSR count). The SMILES string of the molecule is CCCC(C)NCC(C)Oc1ccc(F)c(C(F)(F)F)c1. The first-order valence-corrected chi connectivity index (χ1v) is 7.00. The van der Waals surface area contributed by atoms with E-state index in [2.05, 4.69) is 12.2 Å². The quantitative estimate of drug-likeness (QED) is 0.754. The van der Waals surface area contributed by atoms with Crippen LogP contribution in [0.25, 0.3) is 0 Å². The molecule has 120 valence electrons. The molecule has 0 aromatic heterocycles. The van der Waals surface area contributed by atoms with E-state index in [4.69, 9.17) is 4.74 Å². The lowest BCUT2D eigenvalue weighted by Crippen LogP contribution is -2.35. The molecule has 0 saturated heterocycles. The lowest BCUT2D eigenvalue weighted by Gasteiger charge is -2.19. The van der Waals surface area contributed by atoms with Gasteiger partial charge in [0.25, 0.3) is 0 Å². The Morgan fingerprint density at radius 2 is 1.90 bits per heavy atom. The summed E-state index contributed by atoms with van der Waals surface area (Å²) in [5.74, 6) is -1.28. The molecular weight excluding hydrogens is 286 g/mol. The maximum Gasteiger partial charge on any atom is 0.419 e. The van der Waals surface area contributed by atoms with Crippen LogP contribution in [0.2, 0.25) is 0 Å². The Bertz CT molecular complexity index is 448. The van der Waals surface area contributed by atoms with E-state index in [1.807, 2.05) is 6.92 Å². The van der Waals surface area contributed by atoms with Gasteiger partial charge in [0.2, 0.25) is 0 Å². The molecule has 1 N–H and O–H groups in total. The van der Waals surface area contributed by atoms with Gasteiger partial charge in [-0.15, -0.1) is 0 Å². The molecule has 0 fully saturated rings. The van der Waals surface area contributed by atoms with Crippen molar-refractivity contribution >= 4 is 0 Å². The van der Waals surface area contributed by atoms with E-state index in [1.165, 1.54) is 6.07 Å². The van der Waals surface area contributed by atoms with Crippen LogP contribution < -0.4 is 10.1 Å². The molecule has 1 aromatic carbocycles. The van der Waals surface area contributed by atoms with Gasteiger partial charge in [-0.25, -0.2) is 4.39 Å². The summed E-state index contributed by atoms with van der Waals surface area (Å²) >= 11 is 0. The van der Waals surface area contributed by atoms with Crippen molar-refractivity contribution in [3.63, 3.8) is 0 Å². The minimum Gasteiger partial charge on any atom is -0.489 e. The predicted octanol–water partition coefficient (Wildman–Crippen LogP) is 4.39. The van der Waals surface area contributed by atoms with Crippen molar-refractivity contribution in [1.29, 1.82) is 0 Å². The van der Waals surface area contributed by atoms with Crippen LogP contribution in [0.15, 0.2) is 18.2 Å². The van der Waals surface area contributed by atoms with Crippen molar-refractivity contribution in [2.75, 3.05) is 6.54 Å². The zero-order valence-corrected chi connectivity index (χ0v) is 12.4. The molecular formula is C15H21F4NO. The molecule has 0 amide bonds. The highest BCUT2D eigenvalue weighted by molar-refractivity contribution is 5.31. The minimum atomic E-state index is -4.72. The second kappa shape index (κ2) is 7.64. The van der Waals surface area contributed by atoms with E-state index in [9.17, 15) is 17.6 Å². The van der Waals surface area contributed by atoms with Crippen LogP contribution in [0.5, 0.6) is 5.75 Å². The molecule has 0 bridgehead atoms. The Labute approximate surface area is 122 Å². The van der Waals surface area contributed by atoms with E-state index in [0.29, 0.717) is 18.7 Å². The summed E-state index contributed by atoms with van der Waals surface area (Å²) in [4.78, 5) is 0. The first-order chi connectivity index (χ1) is 9.74. The molecule has 0 spiro atoms. The number of halogens is 4. The van der Waals surface area contributed by atoms with Crippen molar-refractivity contribution in [2.24, 2.45) is 0 Å². The smallest absolute Gasteiger partial charge is 0.419 e. The van der Waals surface area contributed by atoms with Gasteiger partial charge in [0, 0.05) is 12.6 Å². The van der Waals surface area contributed by atoms with Gasteiger partial charge >= 0.3 is 6.18 Å². The molecule has 0 aliphatic carbocycles. The lowest BCUT2D eigenvalue weighted by molar-refractivity contribution is -0.140. The summed E-state index contributed by atoms with van der Waals surface area (Å²) in [7, 11) is 0. The number of benzene rings is 1. The number of rotatable bonds is 7. The molecule has 1 aromatic rings. The van der Waals surface area contributed by atoms with E-state index >= 15 is 0 Å². The fourth-order valence-electron chi connectivity index (χ4n) is 1.97. The van der Waals surface area contributed by atoms with Crippen molar-refractivity contribution in [3.05, 3.63) is 29.6 Å². The monoisotopic (exact) mass is 307 g/mol. The summed E-state index contributed by atoms with van der Waals surface area (Å²) in [6.45, 7) is 6.38. The maximum absolute atomic E-state index is 13.2. The van der Waals surface area contributed by atoms with Gasteiger partial charge < -0.3 is 10.1 Å². The molecule has 0 heterocycles. The van der Waals surface area contributed by atoms with Gasteiger partial charge in [0.15, 0.2) is 0 Å². The summed E-state index contributed by atoms with van der Waals surface area (Å²) in [5.41, 5.74) is -1.31. The topological polar surface area (TPSA) is 21.3 Å². The molecule has 21 heavy (non-hydrogen) atoms. The normalized spacial score (nSPS) is 14.8. The Hall–Kier alpha value is -1.30. The van der Waals surface area contributed by atoms with Crippen molar-refractivity contribution < 1.29 is 22.3 Å². The highest BCUT2D eigenvalue weighted by Crippen LogP contribution is 2.33. The van der Waals surface area contributed by atoms with Crippen molar-refractivity contribution in [2.45, 2.75) is 51.9 Å². The summed E-state index contributed by atoms with van der Waals surface area (Å²) in [6, 6.07) is 3.00. The average Bonchev–Trinajstić information content (AvgIpc) is 2.38. The molecule has 6 heteroatoms. The van der Waals surface area contributed by atoms with Gasteiger partial charge in [0.05, 0.1) is 5.56 Å². The Morgan fingerprint density at radius 1 is 1.24 bits per heavy atom. The third-order valence-corrected chi connectivity index (χ3v) is 3.06. The lowest BCUT2D eigenvalue weighted by atomic mass is 10.2. The highest BCUT2D eigenvalue weighted by Gasteiger charge is 2.34. The minimum absolute atomic E-state index is 0.0150. The molecule has 0 saturated carbocycles. The van der Waals surface area contributed by atoms with Crippen LogP contribution in [-0.4, -0.2) is 18.7 Å². The van der Waals surface area contributed by atoms with Crippen LogP contribution in [0.3, 0.4) is 0 Å². The van der Waals surface area contributed by atoms with Crippen LogP contribution in [0.4, 0.5) is 17.6 Å². The first kappa shape index (κ1) is 17.8. The highest BCUT2D eigenvalue weighted by atomic mass is 19.4. The number of hydrogen-bond acceptors (Lipinski definition) is 2. The predicted molar refractivity (Wildman–Crippen MR) is 73.9 cm³/mol. The molecule has 0 aliphatic rings. The molecule has 2 nitrogen and oxygen atoms in total. The molecule has 2 atom stereocenters. The van der Waals surface area contributed by atoms with E-state index in [0.717, 1.165) is 18.9 Å². The maximum atomic E-state index is 13.2. The number of alkyl halides is 3. The van der Waals surface area contributed by atoms with Gasteiger partial charge in [-0.3, -0.25) is 0 Å². The Morgan fingerprint density at radius 3 is 2.48 bits per heavy atom. The largest absolute Gasteiger partial charge is 0.489 e. The van der Waals surface area contributed by atoms with Crippen molar-refractivity contribution in [1.82, 2.24) is 5.32 Å². The average molecular weight is 307 g/mol. The standard InChI is InChI=1S/C15H21F4NO/c1-4-5-10(2)20-9-11(3)21-12-6-7-14(16)13(8-12)15(17,18)19/h6-8,10-11,20H,4-5,9H2,1-3H3. The van der Waals surface area contributed by atoms with Gasteiger partial charge in [-0.2, -0.15) is 13.2 Å². The fraction of sp³-hybridized carbons (Fsp3) is 0.600. The van der Waals surface area contributed by atoms with Crippen LogP contribution in [-0.2, 0) is 6.18 Å². The Kier molecular flexibility index (Phi) is 6.45. The van der Waals surface area contributed by atoms with Crippen LogP contribution in [0.1, 0.15) is 39.2 Å². The Balaban J connectivity index is 2.62. The summed E-state index contributed by atoms with van der Waals surface area (Å²) < 4.78 is 56.3. The summed E-state index contributed by atoms with van der Waals surface area (Å²) in [6.07, 6.45) is -2.96. The van der Waals surface area contributed by atoms with Gasteiger partial charge in [-0.05, 0) is 38.5 Å². The third-order valence-electron chi connectivity index (χ3n) is 3.06. The zero-order chi connectivity index (χ0) is 16.0. The van der Waals surface area contributed by atoms with Crippen LogP contribution >= 0.6 is 0 Å². The van der Waals surface area contributed by atoms with E-state index in [-0.39, 0.29) is 11.9 Å². The van der Waals surface area contributed by atoms with E-state index in [1.54, 1.807) is 6.92 Å². The second-order valence-electron chi connectivity index (χ2n) is 5.17. The molecule has 2 unspecified atom stereocenters.